The van der Waals surface area contributed by atoms with E-state index in [1.54, 1.807) is 12.1 Å². The maximum atomic E-state index is 13.1. The van der Waals surface area contributed by atoms with Crippen molar-refractivity contribution in [1.29, 1.82) is 0 Å². The van der Waals surface area contributed by atoms with Crippen molar-refractivity contribution in [3.8, 4) is 0 Å². The summed E-state index contributed by atoms with van der Waals surface area (Å²) in [6.45, 7) is 2.87. The van der Waals surface area contributed by atoms with Gasteiger partial charge in [-0.15, -0.1) is 12.4 Å². The number of carbonyl (C=O) groups is 1. The van der Waals surface area contributed by atoms with Crippen molar-refractivity contribution in [3.05, 3.63) is 28.5 Å². The predicted octanol–water partition coefficient (Wildman–Crippen LogP) is 3.48. The van der Waals surface area contributed by atoms with Crippen LogP contribution in [0.25, 0.3) is 0 Å². The van der Waals surface area contributed by atoms with Gasteiger partial charge in [-0.25, -0.2) is 4.39 Å². The lowest BCUT2D eigenvalue weighted by Crippen LogP contribution is -2.50. The van der Waals surface area contributed by atoms with E-state index in [0.717, 1.165) is 25.8 Å². The smallest absolute Gasteiger partial charge is 0.244 e. The third-order valence-electron chi connectivity index (χ3n) is 3.46. The largest absolute Gasteiger partial charge is 0.324 e. The Kier molecular flexibility index (Phi) is 5.77. The zero-order valence-corrected chi connectivity index (χ0v) is 13.0. The zero-order valence-electron chi connectivity index (χ0n) is 10.6. The minimum absolute atomic E-state index is 0. The van der Waals surface area contributed by atoms with E-state index in [9.17, 15) is 9.18 Å². The summed E-state index contributed by atoms with van der Waals surface area (Å²) in [7, 11) is 0. The highest BCUT2D eigenvalue weighted by Gasteiger charge is 2.39. The molecule has 1 saturated heterocycles. The van der Waals surface area contributed by atoms with Crippen LogP contribution in [0.1, 0.15) is 26.2 Å². The first-order valence-electron chi connectivity index (χ1n) is 6.09. The van der Waals surface area contributed by atoms with Gasteiger partial charge in [-0.2, -0.15) is 0 Å². The summed E-state index contributed by atoms with van der Waals surface area (Å²) in [5.41, 5.74) is 0.135. The van der Waals surface area contributed by atoms with E-state index in [4.69, 9.17) is 0 Å². The summed E-state index contributed by atoms with van der Waals surface area (Å²) < 4.78 is 13.5. The lowest BCUT2D eigenvalue weighted by Gasteiger charge is -2.26. The molecule has 0 spiro atoms. The second-order valence-corrected chi connectivity index (χ2v) is 5.40. The molecule has 1 amide bonds. The quantitative estimate of drug-likeness (QED) is 0.875. The second-order valence-electron chi connectivity index (χ2n) is 4.55. The topological polar surface area (TPSA) is 41.1 Å². The molecule has 0 saturated carbocycles. The van der Waals surface area contributed by atoms with Gasteiger partial charge in [0.1, 0.15) is 5.82 Å². The van der Waals surface area contributed by atoms with Gasteiger partial charge >= 0.3 is 0 Å². The highest BCUT2D eigenvalue weighted by molar-refractivity contribution is 9.10. The molecule has 1 aromatic rings. The molecule has 1 aliphatic heterocycles. The average Bonchev–Trinajstić information content (AvgIpc) is 2.84. The molecule has 0 aromatic heterocycles. The number of hydrogen-bond donors (Lipinski definition) is 2. The monoisotopic (exact) mass is 350 g/mol. The Labute approximate surface area is 126 Å². The van der Waals surface area contributed by atoms with E-state index < -0.39 is 5.54 Å². The molecule has 1 unspecified atom stereocenters. The molecule has 6 heteroatoms. The molecule has 106 valence electrons. The first-order valence-corrected chi connectivity index (χ1v) is 6.88. The van der Waals surface area contributed by atoms with E-state index in [-0.39, 0.29) is 24.1 Å². The Morgan fingerprint density at radius 1 is 1.58 bits per heavy atom. The van der Waals surface area contributed by atoms with Crippen molar-refractivity contribution in [2.75, 3.05) is 11.9 Å². The average molecular weight is 352 g/mol. The first kappa shape index (κ1) is 16.4. The van der Waals surface area contributed by atoms with Gasteiger partial charge in [0.15, 0.2) is 0 Å². The van der Waals surface area contributed by atoms with Gasteiger partial charge < -0.3 is 10.6 Å². The van der Waals surface area contributed by atoms with Gasteiger partial charge in [0.05, 0.1) is 10.0 Å². The summed E-state index contributed by atoms with van der Waals surface area (Å²) in [5, 5.41) is 6.11. The maximum absolute atomic E-state index is 13.1. The number of rotatable bonds is 3. The number of halogens is 3. The highest BCUT2D eigenvalue weighted by Crippen LogP contribution is 2.26. The van der Waals surface area contributed by atoms with Gasteiger partial charge in [0.25, 0.3) is 0 Å². The van der Waals surface area contributed by atoms with Crippen LogP contribution in [0.4, 0.5) is 10.1 Å². The van der Waals surface area contributed by atoms with Crippen molar-refractivity contribution < 1.29 is 9.18 Å². The van der Waals surface area contributed by atoms with Crippen LogP contribution in [0.15, 0.2) is 22.7 Å². The molecule has 3 nitrogen and oxygen atoms in total. The summed E-state index contributed by atoms with van der Waals surface area (Å²) in [4.78, 5) is 12.3. The van der Waals surface area contributed by atoms with Gasteiger partial charge in [0, 0.05) is 5.69 Å². The molecule has 1 fully saturated rings. The highest BCUT2D eigenvalue weighted by atomic mass is 79.9. The standard InChI is InChI=1S/C13H16BrFN2O.ClH/c1-2-13(6-3-7-16-13)12(18)17-9-4-5-11(15)10(14)8-9;/h4-5,8,16H,2-3,6-7H2,1H3,(H,17,18);1H. The molecule has 1 aromatic carbocycles. The molecular formula is C13H17BrClFN2O. The van der Waals surface area contributed by atoms with Crippen molar-refractivity contribution in [1.82, 2.24) is 5.32 Å². The van der Waals surface area contributed by atoms with E-state index in [1.165, 1.54) is 6.07 Å². The molecule has 2 rings (SSSR count). The Balaban J connectivity index is 0.00000180. The lowest BCUT2D eigenvalue weighted by atomic mass is 9.93. The number of benzene rings is 1. The van der Waals surface area contributed by atoms with Crippen LogP contribution in [0, 0.1) is 5.82 Å². The number of anilines is 1. The van der Waals surface area contributed by atoms with Crippen LogP contribution in [0.5, 0.6) is 0 Å². The van der Waals surface area contributed by atoms with Crippen molar-refractivity contribution >= 4 is 39.9 Å². The number of nitrogens with one attached hydrogen (secondary N) is 2. The fraction of sp³-hybridized carbons (Fsp3) is 0.462. The summed E-state index contributed by atoms with van der Waals surface area (Å²) in [6, 6.07) is 4.47. The molecule has 1 aliphatic rings. The van der Waals surface area contributed by atoms with Crippen LogP contribution in [-0.2, 0) is 4.79 Å². The maximum Gasteiger partial charge on any atom is 0.244 e. The Hall–Kier alpha value is -0.650. The fourth-order valence-electron chi connectivity index (χ4n) is 2.29. The van der Waals surface area contributed by atoms with Gasteiger partial charge in [-0.1, -0.05) is 6.92 Å². The molecule has 0 radical (unpaired) electrons. The van der Waals surface area contributed by atoms with E-state index >= 15 is 0 Å². The van der Waals surface area contributed by atoms with Crippen molar-refractivity contribution in [2.24, 2.45) is 0 Å². The van der Waals surface area contributed by atoms with E-state index in [2.05, 4.69) is 26.6 Å². The first-order chi connectivity index (χ1) is 8.57. The van der Waals surface area contributed by atoms with Gasteiger partial charge in [-0.3, -0.25) is 4.79 Å². The molecule has 1 atom stereocenters. The van der Waals surface area contributed by atoms with Crippen LogP contribution < -0.4 is 10.6 Å². The predicted molar refractivity (Wildman–Crippen MR) is 80.2 cm³/mol. The third-order valence-corrected chi connectivity index (χ3v) is 4.07. The van der Waals surface area contributed by atoms with E-state index in [1.807, 2.05) is 6.92 Å². The Bertz CT molecular complexity index is 464. The van der Waals surface area contributed by atoms with Crippen LogP contribution in [0.2, 0.25) is 0 Å². The summed E-state index contributed by atoms with van der Waals surface area (Å²) in [6.07, 6.45) is 2.60. The lowest BCUT2D eigenvalue weighted by molar-refractivity contribution is -0.122. The summed E-state index contributed by atoms with van der Waals surface area (Å²) >= 11 is 3.11. The summed E-state index contributed by atoms with van der Waals surface area (Å²) in [5.74, 6) is -0.377. The van der Waals surface area contributed by atoms with Crippen LogP contribution in [-0.4, -0.2) is 18.0 Å². The Morgan fingerprint density at radius 2 is 2.32 bits per heavy atom. The molecular weight excluding hydrogens is 335 g/mol. The van der Waals surface area contributed by atoms with Crippen LogP contribution >= 0.6 is 28.3 Å². The normalized spacial score (nSPS) is 21.8. The fourth-order valence-corrected chi connectivity index (χ4v) is 2.67. The molecule has 0 aliphatic carbocycles. The minimum Gasteiger partial charge on any atom is -0.324 e. The molecule has 1 heterocycles. The Morgan fingerprint density at radius 3 is 2.84 bits per heavy atom. The zero-order chi connectivity index (χ0) is 13.2. The third kappa shape index (κ3) is 3.46. The van der Waals surface area contributed by atoms with Crippen LogP contribution in [0.3, 0.4) is 0 Å². The SMILES string of the molecule is CCC1(C(=O)Nc2ccc(F)c(Br)c2)CCCN1.Cl. The van der Waals surface area contributed by atoms with Crippen molar-refractivity contribution in [3.63, 3.8) is 0 Å². The number of amides is 1. The molecule has 2 N–H and O–H groups in total. The number of carbonyl (C=O) groups excluding carboxylic acids is 1. The number of hydrogen-bond acceptors (Lipinski definition) is 2. The second kappa shape index (κ2) is 6.68. The van der Waals surface area contributed by atoms with Gasteiger partial charge in [-0.05, 0) is 59.9 Å². The van der Waals surface area contributed by atoms with Crippen molar-refractivity contribution in [2.45, 2.75) is 31.7 Å². The molecule has 19 heavy (non-hydrogen) atoms. The minimum atomic E-state index is -0.471. The van der Waals surface area contributed by atoms with Gasteiger partial charge in [0.2, 0.25) is 5.91 Å². The molecule has 0 bridgehead atoms. The van der Waals surface area contributed by atoms with E-state index in [0.29, 0.717) is 10.2 Å².